The predicted molar refractivity (Wildman–Crippen MR) is 98.5 cm³/mol. The van der Waals surface area contributed by atoms with Crippen LogP contribution in [0.1, 0.15) is 34.7 Å². The SMILES string of the molecule is O=C(c1ccccc1)N1C[C@H](c2ccccc2)[C@@H]2[C@H]1C1CCN2CC1. The van der Waals surface area contributed by atoms with Gasteiger partial charge in [0, 0.05) is 24.1 Å². The molecule has 2 aromatic carbocycles. The van der Waals surface area contributed by atoms with E-state index in [-0.39, 0.29) is 5.91 Å². The molecule has 4 aliphatic rings. The summed E-state index contributed by atoms with van der Waals surface area (Å²) in [5.74, 6) is 1.31. The van der Waals surface area contributed by atoms with Gasteiger partial charge in [0.25, 0.3) is 5.91 Å². The molecule has 128 valence electrons. The molecule has 1 amide bonds. The van der Waals surface area contributed by atoms with E-state index in [4.69, 9.17) is 0 Å². The van der Waals surface area contributed by atoms with E-state index >= 15 is 0 Å². The van der Waals surface area contributed by atoms with E-state index in [0.29, 0.717) is 23.9 Å². The van der Waals surface area contributed by atoms with Crippen LogP contribution in [0.2, 0.25) is 0 Å². The monoisotopic (exact) mass is 332 g/mol. The standard InChI is InChI=1S/C22H24N2O/c25-22(18-9-5-2-6-10-18)24-15-19(16-7-3-1-4-8-16)21-20(24)17-11-13-23(21)14-12-17/h1-10,17,19-21H,11-15H2/t19-,20-,21-/m1/s1. The van der Waals surface area contributed by atoms with Crippen LogP contribution in [0, 0.1) is 5.92 Å². The third-order valence-corrected chi connectivity index (χ3v) is 6.50. The Morgan fingerprint density at radius 1 is 0.840 bits per heavy atom. The summed E-state index contributed by atoms with van der Waals surface area (Å²) in [7, 11) is 0. The van der Waals surface area contributed by atoms with Crippen LogP contribution >= 0.6 is 0 Å². The van der Waals surface area contributed by atoms with Crippen molar-refractivity contribution in [3.05, 3.63) is 71.8 Å². The van der Waals surface area contributed by atoms with Gasteiger partial charge in [-0.25, -0.2) is 0 Å². The van der Waals surface area contributed by atoms with Gasteiger partial charge in [0.2, 0.25) is 0 Å². The van der Waals surface area contributed by atoms with Gasteiger partial charge in [-0.1, -0.05) is 48.5 Å². The fourth-order valence-electron chi connectivity index (χ4n) is 5.39. The summed E-state index contributed by atoms with van der Waals surface area (Å²) in [6, 6.07) is 21.5. The van der Waals surface area contributed by atoms with Crippen LogP contribution in [0.25, 0.3) is 0 Å². The molecule has 0 spiro atoms. The van der Waals surface area contributed by atoms with Crippen molar-refractivity contribution < 1.29 is 4.79 Å². The van der Waals surface area contributed by atoms with Crippen LogP contribution in [-0.4, -0.2) is 47.4 Å². The van der Waals surface area contributed by atoms with Crippen molar-refractivity contribution in [1.82, 2.24) is 9.80 Å². The minimum atomic E-state index is 0.211. The van der Waals surface area contributed by atoms with Crippen LogP contribution in [0.15, 0.2) is 60.7 Å². The summed E-state index contributed by atoms with van der Waals surface area (Å²) in [6.45, 7) is 3.24. The third-order valence-electron chi connectivity index (χ3n) is 6.50. The van der Waals surface area contributed by atoms with E-state index in [9.17, 15) is 4.79 Å². The van der Waals surface area contributed by atoms with Crippen molar-refractivity contribution >= 4 is 5.91 Å². The molecule has 0 N–H and O–H groups in total. The van der Waals surface area contributed by atoms with Gasteiger partial charge in [-0.2, -0.15) is 0 Å². The molecular formula is C22H24N2O. The molecule has 4 saturated heterocycles. The van der Waals surface area contributed by atoms with Gasteiger partial charge >= 0.3 is 0 Å². The number of hydrogen-bond acceptors (Lipinski definition) is 2. The highest BCUT2D eigenvalue weighted by Gasteiger charge is 2.54. The predicted octanol–water partition coefficient (Wildman–Crippen LogP) is 3.39. The summed E-state index contributed by atoms with van der Waals surface area (Å²) in [5, 5.41) is 0. The lowest BCUT2D eigenvalue weighted by Crippen LogP contribution is -2.60. The van der Waals surface area contributed by atoms with E-state index in [0.717, 1.165) is 12.1 Å². The van der Waals surface area contributed by atoms with Gasteiger partial charge in [-0.3, -0.25) is 9.69 Å². The maximum absolute atomic E-state index is 13.3. The number of carbonyl (C=O) groups excluding carboxylic acids is 1. The van der Waals surface area contributed by atoms with Crippen LogP contribution in [0.5, 0.6) is 0 Å². The highest BCUT2D eigenvalue weighted by molar-refractivity contribution is 5.94. The lowest BCUT2D eigenvalue weighted by Gasteiger charge is -2.51. The van der Waals surface area contributed by atoms with E-state index in [2.05, 4.69) is 40.1 Å². The van der Waals surface area contributed by atoms with Gasteiger partial charge in [0.15, 0.2) is 0 Å². The number of amides is 1. The molecule has 0 saturated carbocycles. The summed E-state index contributed by atoms with van der Waals surface area (Å²) in [6.07, 6.45) is 2.47. The molecule has 3 nitrogen and oxygen atoms in total. The second-order valence-electron chi connectivity index (χ2n) is 7.70. The number of fused-ring (bicyclic) bond motifs is 2. The van der Waals surface area contributed by atoms with Gasteiger partial charge in [0.05, 0.1) is 6.04 Å². The molecule has 4 heterocycles. The summed E-state index contributed by atoms with van der Waals surface area (Å²) in [4.78, 5) is 18.1. The first kappa shape index (κ1) is 15.2. The zero-order valence-electron chi connectivity index (χ0n) is 14.4. The van der Waals surface area contributed by atoms with E-state index in [1.807, 2.05) is 30.3 Å². The second-order valence-corrected chi connectivity index (χ2v) is 7.70. The molecule has 4 aliphatic heterocycles. The Morgan fingerprint density at radius 2 is 1.48 bits per heavy atom. The molecule has 4 fully saturated rings. The number of benzene rings is 2. The Balaban J connectivity index is 1.53. The molecule has 6 rings (SSSR count). The van der Waals surface area contributed by atoms with Crippen molar-refractivity contribution in [3.63, 3.8) is 0 Å². The van der Waals surface area contributed by atoms with Crippen LogP contribution in [0.4, 0.5) is 0 Å². The number of hydrogen-bond donors (Lipinski definition) is 0. The van der Waals surface area contributed by atoms with E-state index in [1.54, 1.807) is 0 Å². The van der Waals surface area contributed by atoms with Crippen molar-refractivity contribution in [2.24, 2.45) is 5.92 Å². The Labute approximate surface area is 149 Å². The number of nitrogens with zero attached hydrogens (tertiary/aromatic N) is 2. The zero-order valence-corrected chi connectivity index (χ0v) is 14.4. The van der Waals surface area contributed by atoms with Gasteiger partial charge in [0.1, 0.15) is 0 Å². The topological polar surface area (TPSA) is 23.6 Å². The molecule has 2 bridgehead atoms. The normalized spacial score (nSPS) is 33.3. The zero-order chi connectivity index (χ0) is 16.8. The fraction of sp³-hybridized carbons (Fsp3) is 0.409. The van der Waals surface area contributed by atoms with Crippen LogP contribution in [-0.2, 0) is 0 Å². The van der Waals surface area contributed by atoms with Crippen LogP contribution in [0.3, 0.4) is 0 Å². The summed E-state index contributed by atoms with van der Waals surface area (Å²) < 4.78 is 0. The maximum atomic E-state index is 13.3. The molecule has 25 heavy (non-hydrogen) atoms. The quantitative estimate of drug-likeness (QED) is 0.842. The minimum absolute atomic E-state index is 0.211. The second kappa shape index (κ2) is 5.99. The van der Waals surface area contributed by atoms with Crippen molar-refractivity contribution in [1.29, 1.82) is 0 Å². The number of likely N-dealkylation sites (tertiary alicyclic amines) is 1. The number of piperidine rings is 3. The van der Waals surface area contributed by atoms with Gasteiger partial charge in [-0.15, -0.1) is 0 Å². The Bertz CT molecular complexity index is 752. The minimum Gasteiger partial charge on any atom is -0.333 e. The molecule has 0 unspecified atom stereocenters. The first-order valence-electron chi connectivity index (χ1n) is 9.48. The average Bonchev–Trinajstić information content (AvgIpc) is 3.12. The lowest BCUT2D eigenvalue weighted by atomic mass is 9.75. The number of rotatable bonds is 2. The molecule has 0 aliphatic carbocycles. The molecule has 3 heteroatoms. The Kier molecular flexibility index (Phi) is 3.63. The average molecular weight is 332 g/mol. The highest BCUT2D eigenvalue weighted by atomic mass is 16.2. The van der Waals surface area contributed by atoms with Crippen molar-refractivity contribution in [2.45, 2.75) is 30.8 Å². The molecule has 3 atom stereocenters. The van der Waals surface area contributed by atoms with Crippen LogP contribution < -0.4 is 0 Å². The fourth-order valence-corrected chi connectivity index (χ4v) is 5.39. The number of carbonyl (C=O) groups is 1. The lowest BCUT2D eigenvalue weighted by molar-refractivity contribution is -0.00340. The first-order chi connectivity index (χ1) is 12.3. The molecule has 2 aromatic rings. The maximum Gasteiger partial charge on any atom is 0.254 e. The largest absolute Gasteiger partial charge is 0.333 e. The smallest absolute Gasteiger partial charge is 0.254 e. The van der Waals surface area contributed by atoms with Gasteiger partial charge in [-0.05, 0) is 49.5 Å². The highest BCUT2D eigenvalue weighted by Crippen LogP contribution is 2.46. The van der Waals surface area contributed by atoms with E-state index in [1.165, 1.54) is 31.5 Å². The molecular weight excluding hydrogens is 308 g/mol. The molecule has 0 aromatic heterocycles. The summed E-state index contributed by atoms with van der Waals surface area (Å²) >= 11 is 0. The van der Waals surface area contributed by atoms with Crippen molar-refractivity contribution in [3.8, 4) is 0 Å². The molecule has 0 radical (unpaired) electrons. The van der Waals surface area contributed by atoms with Gasteiger partial charge < -0.3 is 4.90 Å². The third kappa shape index (κ3) is 2.41. The Hall–Kier alpha value is -2.13. The van der Waals surface area contributed by atoms with Crippen molar-refractivity contribution in [2.75, 3.05) is 19.6 Å². The Morgan fingerprint density at radius 3 is 2.16 bits per heavy atom. The first-order valence-corrected chi connectivity index (χ1v) is 9.48. The van der Waals surface area contributed by atoms with E-state index < -0.39 is 0 Å². The summed E-state index contributed by atoms with van der Waals surface area (Å²) in [5.41, 5.74) is 2.21.